The first-order chi connectivity index (χ1) is 41.2. The normalized spacial score (nSPS) is 12.1. The molecule has 0 unspecified atom stereocenters. The Morgan fingerprint density at radius 3 is 1.37 bits per heavy atom. The maximum absolute atomic E-state index is 12.7. The molecule has 5 heterocycles. The van der Waals surface area contributed by atoms with Gasteiger partial charge in [0.15, 0.2) is 0 Å². The van der Waals surface area contributed by atoms with E-state index in [-0.39, 0.29) is 0 Å². The minimum absolute atomic E-state index is 0.331. The summed E-state index contributed by atoms with van der Waals surface area (Å²) in [6, 6.07) is 92.8. The summed E-state index contributed by atoms with van der Waals surface area (Å²) in [4.78, 5) is 4.82. The monoisotopic (exact) mass is 1050 g/mol. The highest BCUT2D eigenvalue weighted by Crippen LogP contribution is 2.53. The SMILES string of the molecule is [C-]#[N+]c1c(-n2c3ccccc3c3ccccc32)c(C#N)c(-n2c3ccccc3c3ccccc32)c(-n2c3ccc(-c4cccc5c4ccc4ccccc45)cc3c3ccc4oc5ccccc5c4c32)c1-n1c2ccccc2c2ccccc21. The van der Waals surface area contributed by atoms with E-state index in [2.05, 4.69) is 255 Å². The van der Waals surface area contributed by atoms with Crippen LogP contribution < -0.4 is 0 Å². The third-order valence-corrected chi connectivity index (χ3v) is 17.6. The molecule has 83 heavy (non-hydrogen) atoms. The van der Waals surface area contributed by atoms with Crippen molar-refractivity contribution in [3.8, 4) is 39.9 Å². The van der Waals surface area contributed by atoms with Gasteiger partial charge in [0.25, 0.3) is 0 Å². The molecule has 0 radical (unpaired) electrons. The van der Waals surface area contributed by atoms with Gasteiger partial charge >= 0.3 is 0 Å². The molecule has 18 aromatic rings. The first kappa shape index (κ1) is 45.2. The fourth-order valence-corrected chi connectivity index (χ4v) is 14.3. The topological polar surface area (TPSA) is 61.0 Å². The molecule has 0 fully saturated rings. The van der Waals surface area contributed by atoms with Gasteiger partial charge in [-0.05, 0) is 99.4 Å². The zero-order chi connectivity index (χ0) is 54.6. The molecule has 7 heteroatoms. The summed E-state index contributed by atoms with van der Waals surface area (Å²) >= 11 is 0. The Bertz CT molecular complexity index is 5670. The molecule has 0 aliphatic heterocycles. The molecule has 0 aliphatic rings. The average molecular weight is 1060 g/mol. The second-order valence-electron chi connectivity index (χ2n) is 21.6. The van der Waals surface area contributed by atoms with Crippen LogP contribution in [0.25, 0.3) is 169 Å². The van der Waals surface area contributed by atoms with E-state index in [9.17, 15) is 11.8 Å². The van der Waals surface area contributed by atoms with Crippen molar-refractivity contribution in [1.29, 1.82) is 5.26 Å². The van der Waals surface area contributed by atoms with E-state index >= 15 is 0 Å². The van der Waals surface area contributed by atoms with Gasteiger partial charge in [-0.1, -0.05) is 188 Å². The molecule has 0 amide bonds. The Labute approximate surface area is 473 Å². The number of para-hydroxylation sites is 7. The number of rotatable bonds is 5. The summed E-state index contributed by atoms with van der Waals surface area (Å²) in [6.07, 6.45) is 0. The number of nitrogens with zero attached hydrogens (tertiary/aromatic N) is 6. The molecule has 5 aromatic heterocycles. The lowest BCUT2D eigenvalue weighted by Crippen LogP contribution is -2.14. The summed E-state index contributed by atoms with van der Waals surface area (Å²) in [6.45, 7) is 9.90. The third-order valence-electron chi connectivity index (χ3n) is 17.6. The van der Waals surface area contributed by atoms with E-state index in [4.69, 9.17) is 9.26 Å². The fourth-order valence-electron chi connectivity index (χ4n) is 14.3. The van der Waals surface area contributed by atoms with Crippen LogP contribution in [0.2, 0.25) is 0 Å². The average Bonchev–Trinajstić information content (AvgIpc) is 3.38. The molecule has 0 atom stereocenters. The molecule has 382 valence electrons. The zero-order valence-electron chi connectivity index (χ0n) is 44.3. The van der Waals surface area contributed by atoms with Crippen LogP contribution in [0.1, 0.15) is 5.56 Å². The number of fused-ring (bicyclic) bond motifs is 19. The van der Waals surface area contributed by atoms with Gasteiger partial charge in [-0.2, -0.15) is 5.26 Å². The minimum atomic E-state index is 0.331. The van der Waals surface area contributed by atoms with Gasteiger partial charge in [0.05, 0.1) is 84.4 Å². The largest absolute Gasteiger partial charge is 0.456 e. The minimum Gasteiger partial charge on any atom is -0.456 e. The number of furan rings is 1. The Hall–Kier alpha value is -11.6. The number of hydrogen-bond donors (Lipinski definition) is 0. The second-order valence-corrected chi connectivity index (χ2v) is 21.6. The summed E-state index contributed by atoms with van der Waals surface area (Å²) in [5.41, 5.74) is 14.1. The predicted octanol–water partition coefficient (Wildman–Crippen LogP) is 20.4. The number of aromatic nitrogens is 4. The highest BCUT2D eigenvalue weighted by atomic mass is 16.3. The number of hydrogen-bond acceptors (Lipinski definition) is 2. The predicted molar refractivity (Wildman–Crippen MR) is 343 cm³/mol. The van der Waals surface area contributed by atoms with Crippen LogP contribution in [-0.4, -0.2) is 18.3 Å². The zero-order valence-corrected chi connectivity index (χ0v) is 44.3. The quantitative estimate of drug-likeness (QED) is 0.127. The first-order valence-electron chi connectivity index (χ1n) is 27.9. The van der Waals surface area contributed by atoms with Crippen LogP contribution in [0.15, 0.2) is 259 Å². The van der Waals surface area contributed by atoms with Gasteiger partial charge in [0, 0.05) is 48.5 Å². The lowest BCUT2D eigenvalue weighted by Gasteiger charge is -2.27. The van der Waals surface area contributed by atoms with Crippen molar-refractivity contribution in [2.24, 2.45) is 0 Å². The Kier molecular flexibility index (Phi) is 9.23. The number of nitriles is 1. The molecule has 7 nitrogen and oxygen atoms in total. The molecule has 0 bridgehead atoms. The highest BCUT2D eigenvalue weighted by molar-refractivity contribution is 6.26. The molecule has 0 saturated heterocycles. The van der Waals surface area contributed by atoms with Crippen molar-refractivity contribution >= 4 is 136 Å². The van der Waals surface area contributed by atoms with Crippen molar-refractivity contribution in [3.05, 3.63) is 272 Å². The van der Waals surface area contributed by atoms with Crippen molar-refractivity contribution in [1.82, 2.24) is 18.3 Å². The molecule has 18 rings (SSSR count). The van der Waals surface area contributed by atoms with E-state index in [1.54, 1.807) is 0 Å². The lowest BCUT2D eigenvalue weighted by molar-refractivity contribution is 0.669. The maximum Gasteiger partial charge on any atom is 0.237 e. The van der Waals surface area contributed by atoms with E-state index in [0.717, 1.165) is 120 Å². The Balaban J connectivity index is 1.13. The van der Waals surface area contributed by atoms with Gasteiger partial charge in [-0.3, -0.25) is 0 Å². The van der Waals surface area contributed by atoms with Gasteiger partial charge in [0.1, 0.15) is 17.2 Å². The summed E-state index contributed by atoms with van der Waals surface area (Å²) < 4.78 is 16.1. The Morgan fingerprint density at radius 1 is 0.337 bits per heavy atom. The van der Waals surface area contributed by atoms with Crippen molar-refractivity contribution in [2.75, 3.05) is 0 Å². The highest BCUT2D eigenvalue weighted by Gasteiger charge is 2.35. The van der Waals surface area contributed by atoms with Gasteiger partial charge < -0.3 is 22.7 Å². The van der Waals surface area contributed by atoms with Crippen LogP contribution in [-0.2, 0) is 0 Å². The molecule has 0 N–H and O–H groups in total. The van der Waals surface area contributed by atoms with Gasteiger partial charge in [0.2, 0.25) is 5.69 Å². The van der Waals surface area contributed by atoms with E-state index in [1.807, 2.05) is 24.3 Å². The van der Waals surface area contributed by atoms with Gasteiger partial charge in [-0.15, -0.1) is 0 Å². The second kappa shape index (κ2) is 16.9. The van der Waals surface area contributed by atoms with E-state index in [1.165, 1.54) is 21.5 Å². The Morgan fingerprint density at radius 2 is 0.807 bits per heavy atom. The number of benzene rings is 13. The molecule has 0 spiro atoms. The maximum atomic E-state index is 12.7. The molecule has 13 aromatic carbocycles. The first-order valence-corrected chi connectivity index (χ1v) is 27.9. The van der Waals surface area contributed by atoms with Crippen LogP contribution in [0.3, 0.4) is 0 Å². The summed E-state index contributed by atoms with van der Waals surface area (Å²) in [7, 11) is 0. The van der Waals surface area contributed by atoms with Crippen LogP contribution in [0.4, 0.5) is 5.69 Å². The standard InChI is InChI=1S/C76H42N6O/c1-78-71-73(79-61-30-11-4-21-51(61)52-22-5-12-31-62(52)79)60(44-77)74(80-63-32-13-6-23-53(63)54-24-7-14-33-64(54)80)76(75(71)81-65-34-15-8-25-55(65)56-26-9-16-35-66(56)81)82-67-41-38-46(48-28-18-29-49-47-20-3-2-19-45(47)37-39-50(48)49)43-59(67)57-40-42-69-70(72(57)82)58-27-10-17-36-68(58)83-69/h2-43H. The van der Waals surface area contributed by atoms with Crippen molar-refractivity contribution in [3.63, 3.8) is 0 Å². The van der Waals surface area contributed by atoms with E-state index < -0.39 is 0 Å². The smallest absolute Gasteiger partial charge is 0.237 e. The molecular formula is C76H42N6O. The summed E-state index contributed by atoms with van der Waals surface area (Å²) in [5.74, 6) is 0. The van der Waals surface area contributed by atoms with Crippen LogP contribution in [0, 0.1) is 17.9 Å². The van der Waals surface area contributed by atoms with Crippen LogP contribution >= 0.6 is 0 Å². The molecule has 0 saturated carbocycles. The fraction of sp³-hybridized carbons (Fsp3) is 0. The molecule has 0 aliphatic carbocycles. The third kappa shape index (κ3) is 6.04. The van der Waals surface area contributed by atoms with E-state index in [0.29, 0.717) is 34.0 Å². The van der Waals surface area contributed by atoms with Crippen LogP contribution in [0.5, 0.6) is 0 Å². The van der Waals surface area contributed by atoms with Crippen molar-refractivity contribution in [2.45, 2.75) is 0 Å². The van der Waals surface area contributed by atoms with Crippen molar-refractivity contribution < 1.29 is 4.42 Å². The lowest BCUT2D eigenvalue weighted by atomic mass is 9.94. The molecular weight excluding hydrogens is 1010 g/mol. The summed E-state index contributed by atoms with van der Waals surface area (Å²) in [5, 5.41) is 27.6. The van der Waals surface area contributed by atoms with Gasteiger partial charge in [-0.25, -0.2) is 4.85 Å².